The molecule has 1 N–H and O–H groups in total. The molecule has 1 aliphatic heterocycles. The van der Waals surface area contributed by atoms with E-state index < -0.39 is 5.54 Å². The van der Waals surface area contributed by atoms with Gasteiger partial charge in [0.1, 0.15) is 11.4 Å². The maximum absolute atomic E-state index is 13.1. The topological polar surface area (TPSA) is 51.8 Å². The maximum atomic E-state index is 13.1. The van der Waals surface area contributed by atoms with E-state index in [0.29, 0.717) is 6.54 Å². The molecule has 1 aliphatic carbocycles. The Bertz CT molecular complexity index is 655. The van der Waals surface area contributed by atoms with Gasteiger partial charge in [-0.25, -0.2) is 4.39 Å². The van der Waals surface area contributed by atoms with E-state index in [1.807, 2.05) is 0 Å². The molecule has 0 bridgehead atoms. The van der Waals surface area contributed by atoms with E-state index in [9.17, 15) is 14.4 Å². The van der Waals surface area contributed by atoms with E-state index in [-0.39, 0.29) is 11.7 Å². The molecule has 0 spiro atoms. The van der Waals surface area contributed by atoms with Crippen molar-refractivity contribution in [3.8, 4) is 6.07 Å². The van der Waals surface area contributed by atoms with Crippen LogP contribution in [-0.2, 0) is 4.79 Å². The van der Waals surface area contributed by atoms with Crippen molar-refractivity contribution in [2.24, 2.45) is 0 Å². The number of likely N-dealkylation sites (N-methyl/N-ethyl adjacent to an activating group) is 1. The number of nitrogens with one attached hydrogen (secondary N) is 1. The van der Waals surface area contributed by atoms with Crippen molar-refractivity contribution in [1.29, 1.82) is 5.26 Å². The van der Waals surface area contributed by atoms with Gasteiger partial charge in [0.05, 0.1) is 32.2 Å². The predicted molar refractivity (Wildman–Crippen MR) is 98.4 cm³/mol. The fraction of sp³-hybridized carbons (Fsp3) is 0.600. The minimum Gasteiger partial charge on any atom is -0.360 e. The fourth-order valence-electron chi connectivity index (χ4n) is 4.14. The van der Waals surface area contributed by atoms with Crippen molar-refractivity contribution in [2.75, 3.05) is 44.7 Å². The lowest BCUT2D eigenvalue weighted by Gasteiger charge is -2.40. The van der Waals surface area contributed by atoms with Crippen LogP contribution in [0.4, 0.5) is 10.1 Å². The van der Waals surface area contributed by atoms with E-state index in [0.717, 1.165) is 64.0 Å². The molecule has 26 heavy (non-hydrogen) atoms. The molecule has 3 rings (SSSR count). The highest BCUT2D eigenvalue weighted by Gasteiger charge is 2.39. The smallest absolute Gasteiger partial charge is 0.278 e. The van der Waals surface area contributed by atoms with Gasteiger partial charge in [-0.15, -0.1) is 0 Å². The molecule has 1 aromatic rings. The first-order chi connectivity index (χ1) is 12.5. The van der Waals surface area contributed by atoms with Gasteiger partial charge in [0.15, 0.2) is 6.54 Å². The third-order valence-corrected chi connectivity index (χ3v) is 5.97. The van der Waals surface area contributed by atoms with Gasteiger partial charge in [-0.3, -0.25) is 4.79 Å². The van der Waals surface area contributed by atoms with E-state index >= 15 is 0 Å². The van der Waals surface area contributed by atoms with Crippen molar-refractivity contribution in [1.82, 2.24) is 4.90 Å². The summed E-state index contributed by atoms with van der Waals surface area (Å²) in [6.07, 6.45) is 4.78. The number of nitrogens with zero attached hydrogens (tertiary/aromatic N) is 3. The van der Waals surface area contributed by atoms with Gasteiger partial charge in [-0.2, -0.15) is 5.26 Å². The summed E-state index contributed by atoms with van der Waals surface area (Å²) in [5.74, 6) is -0.153. The van der Waals surface area contributed by atoms with Crippen LogP contribution in [0.3, 0.4) is 0 Å². The summed E-state index contributed by atoms with van der Waals surface area (Å²) in [5.41, 5.74) is 0.421. The number of piperazine rings is 1. The molecular weight excluding hydrogens is 331 g/mol. The number of carbonyl (C=O) groups excluding carboxylic acids is 1. The SMILES string of the molecule is CN(C(=O)C[NH+]1CCN(c2ccc(F)cc2)CC1)C1(C#N)CCCCC1. The van der Waals surface area contributed by atoms with Crippen LogP contribution < -0.4 is 9.80 Å². The summed E-state index contributed by atoms with van der Waals surface area (Å²) >= 11 is 0. The monoisotopic (exact) mass is 359 g/mol. The van der Waals surface area contributed by atoms with Gasteiger partial charge >= 0.3 is 0 Å². The first kappa shape index (κ1) is 18.7. The van der Waals surface area contributed by atoms with Crippen molar-refractivity contribution in [2.45, 2.75) is 37.6 Å². The maximum Gasteiger partial charge on any atom is 0.278 e. The van der Waals surface area contributed by atoms with E-state index in [1.54, 1.807) is 24.1 Å². The van der Waals surface area contributed by atoms with Crippen LogP contribution in [0.15, 0.2) is 24.3 Å². The Hall–Kier alpha value is -2.13. The molecule has 1 saturated carbocycles. The van der Waals surface area contributed by atoms with Crippen molar-refractivity contribution in [3.05, 3.63) is 30.1 Å². The van der Waals surface area contributed by atoms with E-state index in [2.05, 4.69) is 11.0 Å². The summed E-state index contributed by atoms with van der Waals surface area (Å²) < 4.78 is 13.1. The quantitative estimate of drug-likeness (QED) is 0.879. The number of quaternary nitrogens is 1. The van der Waals surface area contributed by atoms with Crippen molar-refractivity contribution >= 4 is 11.6 Å². The molecule has 1 aromatic carbocycles. The lowest BCUT2D eigenvalue weighted by molar-refractivity contribution is -0.892. The fourth-order valence-corrected chi connectivity index (χ4v) is 4.14. The zero-order chi connectivity index (χ0) is 18.6. The lowest BCUT2D eigenvalue weighted by atomic mass is 9.81. The zero-order valence-electron chi connectivity index (χ0n) is 15.5. The molecule has 1 heterocycles. The number of halogens is 1. The average molecular weight is 359 g/mol. The van der Waals surface area contributed by atoms with Crippen LogP contribution >= 0.6 is 0 Å². The molecular formula is C20H28FN4O+. The number of amides is 1. The third-order valence-electron chi connectivity index (χ3n) is 5.97. The Morgan fingerprint density at radius 2 is 1.85 bits per heavy atom. The normalized spacial score (nSPS) is 20.4. The summed E-state index contributed by atoms with van der Waals surface area (Å²) in [6.45, 7) is 3.88. The number of anilines is 1. The van der Waals surface area contributed by atoms with Gasteiger partial charge in [0.2, 0.25) is 0 Å². The van der Waals surface area contributed by atoms with Crippen molar-refractivity contribution in [3.63, 3.8) is 0 Å². The van der Waals surface area contributed by atoms with Crippen LogP contribution in [0.1, 0.15) is 32.1 Å². The number of hydrogen-bond donors (Lipinski definition) is 1. The Balaban J connectivity index is 1.53. The Morgan fingerprint density at radius 1 is 1.23 bits per heavy atom. The van der Waals surface area contributed by atoms with Gasteiger partial charge < -0.3 is 14.7 Å². The van der Waals surface area contributed by atoms with Crippen LogP contribution in [0.5, 0.6) is 0 Å². The third kappa shape index (κ3) is 3.99. The number of hydrogen-bond acceptors (Lipinski definition) is 3. The van der Waals surface area contributed by atoms with E-state index in [4.69, 9.17) is 0 Å². The number of benzene rings is 1. The Labute approximate surface area is 155 Å². The number of nitriles is 1. The summed E-state index contributed by atoms with van der Waals surface area (Å²) in [6, 6.07) is 9.00. The van der Waals surface area contributed by atoms with E-state index in [1.165, 1.54) is 17.0 Å². The van der Waals surface area contributed by atoms with Crippen LogP contribution in [0, 0.1) is 17.1 Å². The van der Waals surface area contributed by atoms with Crippen LogP contribution in [0.2, 0.25) is 0 Å². The number of carbonyl (C=O) groups is 1. The van der Waals surface area contributed by atoms with Crippen molar-refractivity contribution < 1.29 is 14.1 Å². The first-order valence-electron chi connectivity index (χ1n) is 9.56. The van der Waals surface area contributed by atoms with Gasteiger partial charge in [0, 0.05) is 12.7 Å². The molecule has 0 aromatic heterocycles. The lowest BCUT2D eigenvalue weighted by Crippen LogP contribution is -3.16. The first-order valence-corrected chi connectivity index (χ1v) is 9.56. The van der Waals surface area contributed by atoms with Crippen LogP contribution in [-0.4, -0.2) is 56.1 Å². The Morgan fingerprint density at radius 3 is 2.42 bits per heavy atom. The molecule has 1 amide bonds. The predicted octanol–water partition coefficient (Wildman–Crippen LogP) is 1.22. The summed E-state index contributed by atoms with van der Waals surface area (Å²) in [5, 5.41) is 9.66. The molecule has 1 saturated heterocycles. The summed E-state index contributed by atoms with van der Waals surface area (Å²) in [4.78, 5) is 18.0. The Kier molecular flexibility index (Phi) is 5.77. The second kappa shape index (κ2) is 8.05. The highest BCUT2D eigenvalue weighted by atomic mass is 19.1. The minimum atomic E-state index is -0.606. The average Bonchev–Trinajstić information content (AvgIpc) is 2.69. The molecule has 5 nitrogen and oxygen atoms in total. The highest BCUT2D eigenvalue weighted by Crippen LogP contribution is 2.32. The molecule has 2 aliphatic rings. The van der Waals surface area contributed by atoms with Gasteiger partial charge in [-0.1, -0.05) is 19.3 Å². The standard InChI is InChI=1S/C20H27FN4O/c1-23(20(16-22)9-3-2-4-10-20)19(26)15-24-11-13-25(14-12-24)18-7-5-17(21)6-8-18/h5-8H,2-4,9-15H2,1H3/p+1. The minimum absolute atomic E-state index is 0.0682. The molecule has 0 unspecified atom stereocenters. The molecule has 6 heteroatoms. The largest absolute Gasteiger partial charge is 0.360 e. The second-order valence-electron chi connectivity index (χ2n) is 7.55. The number of rotatable bonds is 4. The second-order valence-corrected chi connectivity index (χ2v) is 7.55. The molecule has 2 fully saturated rings. The molecule has 0 radical (unpaired) electrons. The van der Waals surface area contributed by atoms with Gasteiger partial charge in [0.25, 0.3) is 5.91 Å². The summed E-state index contributed by atoms with van der Waals surface area (Å²) in [7, 11) is 1.80. The zero-order valence-corrected chi connectivity index (χ0v) is 15.5. The highest BCUT2D eigenvalue weighted by molar-refractivity contribution is 5.78. The van der Waals surface area contributed by atoms with Gasteiger partial charge in [-0.05, 0) is 37.1 Å². The molecule has 0 atom stereocenters. The van der Waals surface area contributed by atoms with Crippen LogP contribution in [0.25, 0.3) is 0 Å². The molecule has 140 valence electrons.